The second kappa shape index (κ2) is 3.38. The van der Waals surface area contributed by atoms with E-state index in [2.05, 4.69) is 6.92 Å². The summed E-state index contributed by atoms with van der Waals surface area (Å²) in [5.41, 5.74) is 0. The third-order valence-electron chi connectivity index (χ3n) is 2.57. The van der Waals surface area contributed by atoms with Gasteiger partial charge >= 0.3 is 0 Å². The van der Waals surface area contributed by atoms with Gasteiger partial charge in [-0.2, -0.15) is 0 Å². The molecule has 1 aliphatic carbocycles. The highest BCUT2D eigenvalue weighted by Crippen LogP contribution is 2.39. The summed E-state index contributed by atoms with van der Waals surface area (Å²) in [6, 6.07) is 0. The van der Waals surface area contributed by atoms with E-state index in [1.54, 1.807) is 0 Å². The predicted molar refractivity (Wildman–Crippen MR) is 46.4 cm³/mol. The molecule has 11 heavy (non-hydrogen) atoms. The van der Waals surface area contributed by atoms with Crippen LogP contribution >= 0.6 is 0 Å². The molecular formula is C10H18O. The van der Waals surface area contributed by atoms with E-state index in [-0.39, 0.29) is 5.92 Å². The molecule has 0 saturated heterocycles. The van der Waals surface area contributed by atoms with Crippen molar-refractivity contribution in [2.75, 3.05) is 0 Å². The van der Waals surface area contributed by atoms with Gasteiger partial charge in [-0.1, -0.05) is 20.8 Å². The maximum atomic E-state index is 11.6. The number of rotatable bonds is 4. The van der Waals surface area contributed by atoms with Gasteiger partial charge in [0.2, 0.25) is 0 Å². The minimum Gasteiger partial charge on any atom is -0.299 e. The fourth-order valence-electron chi connectivity index (χ4n) is 1.69. The zero-order valence-electron chi connectivity index (χ0n) is 7.76. The highest BCUT2D eigenvalue weighted by atomic mass is 16.1. The second-order valence-corrected chi connectivity index (χ2v) is 3.91. The van der Waals surface area contributed by atoms with Crippen molar-refractivity contribution in [3.63, 3.8) is 0 Å². The average Bonchev–Trinajstić information content (AvgIpc) is 2.72. The van der Waals surface area contributed by atoms with Gasteiger partial charge in [-0.15, -0.1) is 0 Å². The van der Waals surface area contributed by atoms with E-state index in [1.165, 1.54) is 12.8 Å². The highest BCUT2D eigenvalue weighted by Gasteiger charge is 2.35. The lowest BCUT2D eigenvalue weighted by Gasteiger charge is -2.14. The van der Waals surface area contributed by atoms with E-state index < -0.39 is 0 Å². The molecule has 0 aromatic carbocycles. The van der Waals surface area contributed by atoms with Crippen molar-refractivity contribution >= 4 is 5.78 Å². The zero-order chi connectivity index (χ0) is 8.43. The normalized spacial score (nSPS) is 20.4. The van der Waals surface area contributed by atoms with Crippen molar-refractivity contribution in [3.05, 3.63) is 0 Å². The first-order valence-corrected chi connectivity index (χ1v) is 4.70. The molecule has 0 amide bonds. The first-order chi connectivity index (χ1) is 5.16. The van der Waals surface area contributed by atoms with E-state index in [4.69, 9.17) is 0 Å². The Balaban J connectivity index is 2.46. The van der Waals surface area contributed by atoms with Crippen LogP contribution in [0.4, 0.5) is 0 Å². The SMILES string of the molecule is CC[C@H](C(=O)C(C)C)C1CC1. The Morgan fingerprint density at radius 3 is 2.27 bits per heavy atom. The number of hydrogen-bond acceptors (Lipinski definition) is 1. The monoisotopic (exact) mass is 154 g/mol. The van der Waals surface area contributed by atoms with Gasteiger partial charge in [-0.05, 0) is 25.2 Å². The molecular weight excluding hydrogens is 136 g/mol. The standard InChI is InChI=1S/C10H18O/c1-4-9(8-5-6-8)10(11)7(2)3/h7-9H,4-6H2,1-3H3/t9-/m0/s1. The van der Waals surface area contributed by atoms with Crippen molar-refractivity contribution in [2.24, 2.45) is 17.8 Å². The van der Waals surface area contributed by atoms with Gasteiger partial charge in [0.25, 0.3) is 0 Å². The van der Waals surface area contributed by atoms with Gasteiger partial charge in [0.1, 0.15) is 5.78 Å². The molecule has 0 heterocycles. The second-order valence-electron chi connectivity index (χ2n) is 3.91. The summed E-state index contributed by atoms with van der Waals surface area (Å²) in [5.74, 6) is 1.85. The zero-order valence-corrected chi connectivity index (χ0v) is 7.76. The van der Waals surface area contributed by atoms with Crippen LogP contribution in [0.3, 0.4) is 0 Å². The molecule has 64 valence electrons. The molecule has 1 aliphatic rings. The molecule has 0 aliphatic heterocycles. The molecule has 1 nitrogen and oxygen atoms in total. The molecule has 0 aromatic rings. The molecule has 1 heteroatoms. The van der Waals surface area contributed by atoms with Crippen LogP contribution in [0.5, 0.6) is 0 Å². The third-order valence-corrected chi connectivity index (χ3v) is 2.57. The van der Waals surface area contributed by atoms with Gasteiger partial charge in [0.15, 0.2) is 0 Å². The number of hydrogen-bond donors (Lipinski definition) is 0. The Hall–Kier alpha value is -0.330. The lowest BCUT2D eigenvalue weighted by Crippen LogP contribution is -2.20. The summed E-state index contributed by atoms with van der Waals surface area (Å²) in [4.78, 5) is 11.6. The Bertz CT molecular complexity index is 145. The van der Waals surface area contributed by atoms with Crippen LogP contribution in [0.25, 0.3) is 0 Å². The molecule has 0 radical (unpaired) electrons. The maximum Gasteiger partial charge on any atom is 0.138 e. The van der Waals surface area contributed by atoms with Crippen LogP contribution < -0.4 is 0 Å². The number of ketones is 1. The quantitative estimate of drug-likeness (QED) is 0.608. The maximum absolute atomic E-state index is 11.6. The predicted octanol–water partition coefficient (Wildman–Crippen LogP) is 2.65. The first-order valence-electron chi connectivity index (χ1n) is 4.70. The van der Waals surface area contributed by atoms with Gasteiger partial charge in [0.05, 0.1) is 0 Å². The molecule has 0 aromatic heterocycles. The van der Waals surface area contributed by atoms with Crippen LogP contribution in [-0.4, -0.2) is 5.78 Å². The van der Waals surface area contributed by atoms with E-state index in [0.29, 0.717) is 11.7 Å². The Morgan fingerprint density at radius 2 is 2.00 bits per heavy atom. The molecule has 1 fully saturated rings. The van der Waals surface area contributed by atoms with Crippen molar-refractivity contribution in [1.29, 1.82) is 0 Å². The average molecular weight is 154 g/mol. The largest absolute Gasteiger partial charge is 0.299 e. The van der Waals surface area contributed by atoms with E-state index in [1.807, 2.05) is 13.8 Å². The Labute approximate surface area is 69.2 Å². The molecule has 0 N–H and O–H groups in total. The van der Waals surface area contributed by atoms with Crippen molar-refractivity contribution in [1.82, 2.24) is 0 Å². The number of carbonyl (C=O) groups is 1. The minimum atomic E-state index is 0.237. The topological polar surface area (TPSA) is 17.1 Å². The van der Waals surface area contributed by atoms with E-state index >= 15 is 0 Å². The van der Waals surface area contributed by atoms with Crippen molar-refractivity contribution in [2.45, 2.75) is 40.0 Å². The minimum absolute atomic E-state index is 0.237. The van der Waals surface area contributed by atoms with Gasteiger partial charge < -0.3 is 0 Å². The Kier molecular flexibility index (Phi) is 2.69. The molecule has 1 saturated carbocycles. The molecule has 0 bridgehead atoms. The number of carbonyl (C=O) groups excluding carboxylic acids is 1. The third kappa shape index (κ3) is 2.05. The van der Waals surface area contributed by atoms with Crippen LogP contribution in [-0.2, 0) is 4.79 Å². The smallest absolute Gasteiger partial charge is 0.138 e. The summed E-state index contributed by atoms with van der Waals surface area (Å²) in [7, 11) is 0. The molecule has 0 spiro atoms. The fourth-order valence-corrected chi connectivity index (χ4v) is 1.69. The van der Waals surface area contributed by atoms with Crippen LogP contribution in [0.1, 0.15) is 40.0 Å². The molecule has 0 unspecified atom stereocenters. The van der Waals surface area contributed by atoms with Gasteiger partial charge in [0, 0.05) is 11.8 Å². The van der Waals surface area contributed by atoms with Crippen LogP contribution in [0, 0.1) is 17.8 Å². The van der Waals surface area contributed by atoms with Gasteiger partial charge in [-0.3, -0.25) is 4.79 Å². The summed E-state index contributed by atoms with van der Waals surface area (Å²) in [6.45, 7) is 6.14. The lowest BCUT2D eigenvalue weighted by atomic mass is 9.89. The van der Waals surface area contributed by atoms with Gasteiger partial charge in [-0.25, -0.2) is 0 Å². The molecule has 1 rings (SSSR count). The first kappa shape index (κ1) is 8.76. The summed E-state index contributed by atoms with van der Waals surface area (Å²) >= 11 is 0. The molecule has 1 atom stereocenters. The van der Waals surface area contributed by atoms with Crippen molar-refractivity contribution in [3.8, 4) is 0 Å². The van der Waals surface area contributed by atoms with E-state index in [9.17, 15) is 4.79 Å². The van der Waals surface area contributed by atoms with Crippen LogP contribution in [0.2, 0.25) is 0 Å². The van der Waals surface area contributed by atoms with Crippen molar-refractivity contribution < 1.29 is 4.79 Å². The summed E-state index contributed by atoms with van der Waals surface area (Å²) in [6.07, 6.45) is 3.62. The highest BCUT2D eigenvalue weighted by molar-refractivity contribution is 5.83. The summed E-state index contributed by atoms with van der Waals surface area (Å²) in [5, 5.41) is 0. The Morgan fingerprint density at radius 1 is 1.45 bits per heavy atom. The van der Waals surface area contributed by atoms with Crippen LogP contribution in [0.15, 0.2) is 0 Å². The lowest BCUT2D eigenvalue weighted by molar-refractivity contribution is -0.126. The fraction of sp³-hybridized carbons (Fsp3) is 0.900. The number of Topliss-reactive ketones (excluding diaryl/α,β-unsaturated/α-hetero) is 1. The van der Waals surface area contributed by atoms with E-state index in [0.717, 1.165) is 12.3 Å². The summed E-state index contributed by atoms with van der Waals surface area (Å²) < 4.78 is 0.